The predicted molar refractivity (Wildman–Crippen MR) is 91.3 cm³/mol. The molecule has 0 aromatic heterocycles. The normalized spacial score (nSPS) is 31.1. The highest BCUT2D eigenvalue weighted by Crippen LogP contribution is 2.46. The molecular weight excluding hydrogens is 536 g/mol. The third kappa shape index (κ3) is 6.16. The van der Waals surface area contributed by atoms with Gasteiger partial charge in [-0.05, 0) is 63.2 Å². The summed E-state index contributed by atoms with van der Waals surface area (Å²) in [7, 11) is 0. The molecule has 12 heteroatoms. The van der Waals surface area contributed by atoms with Gasteiger partial charge in [-0.3, -0.25) is 0 Å². The molecule has 0 unspecified atom stereocenters. The molecule has 28 heavy (non-hydrogen) atoms. The molecule has 2 saturated carbocycles. The minimum atomic E-state index is -4.61. The molecule has 0 heterocycles. The molecule has 0 bridgehead atoms. The van der Waals surface area contributed by atoms with Gasteiger partial charge in [0.15, 0.2) is 0 Å². The molecule has 0 amide bonds. The molecule has 0 aromatic rings. The van der Waals surface area contributed by atoms with Crippen LogP contribution < -0.4 is 0 Å². The van der Waals surface area contributed by atoms with Crippen LogP contribution in [0.4, 0.5) is 35.1 Å². The molecule has 0 aliphatic heterocycles. The Kier molecular flexibility index (Phi) is 7.75. The molecule has 0 spiro atoms. The first-order chi connectivity index (χ1) is 12.6. The van der Waals surface area contributed by atoms with Crippen LogP contribution >= 0.6 is 31.9 Å². The van der Waals surface area contributed by atoms with Crippen molar-refractivity contribution < 1.29 is 44.6 Å². The zero-order valence-electron chi connectivity index (χ0n) is 14.6. The van der Waals surface area contributed by atoms with Crippen LogP contribution in [-0.2, 0) is 9.47 Å². The predicted octanol–water partition coefficient (Wildman–Crippen LogP) is 7.30. The molecule has 2 rings (SSSR count). The lowest BCUT2D eigenvalue weighted by molar-refractivity contribution is -0.333. The van der Waals surface area contributed by atoms with Crippen LogP contribution in [-0.4, -0.2) is 34.1 Å². The largest absolute Gasteiger partial charge is 0.430 e. The Bertz CT molecular complexity index is 462. The maximum atomic E-state index is 13.3. The third-order valence-corrected chi connectivity index (χ3v) is 6.32. The number of halogens is 10. The molecule has 0 N–H and O–H groups in total. The molecule has 0 radical (unpaired) electrons. The minimum Gasteiger partial charge on any atom is -0.312 e. The van der Waals surface area contributed by atoms with Gasteiger partial charge in [-0.25, -0.2) is 0 Å². The van der Waals surface area contributed by atoms with E-state index in [4.69, 9.17) is 0 Å². The highest BCUT2D eigenvalue weighted by atomic mass is 79.9. The van der Waals surface area contributed by atoms with Crippen molar-refractivity contribution in [2.24, 2.45) is 11.8 Å². The molecule has 2 nitrogen and oxygen atoms in total. The average molecular weight is 556 g/mol. The number of hydrogen-bond donors (Lipinski definition) is 0. The number of ether oxygens (including phenoxy) is 2. The smallest absolute Gasteiger partial charge is 0.312 e. The van der Waals surface area contributed by atoms with E-state index in [1.54, 1.807) is 31.9 Å². The lowest BCUT2D eigenvalue weighted by atomic mass is 9.72. The van der Waals surface area contributed by atoms with Gasteiger partial charge in [-0.1, -0.05) is 0 Å². The van der Waals surface area contributed by atoms with E-state index >= 15 is 0 Å². The summed E-state index contributed by atoms with van der Waals surface area (Å²) in [5, 5.41) is 0. The van der Waals surface area contributed by atoms with Gasteiger partial charge >= 0.3 is 21.9 Å². The fourth-order valence-corrected chi connectivity index (χ4v) is 4.09. The molecule has 0 saturated heterocycles. The molecule has 0 aromatic carbocycles. The van der Waals surface area contributed by atoms with Crippen LogP contribution in [0.2, 0.25) is 0 Å². The second-order valence-electron chi connectivity index (χ2n) is 7.34. The van der Waals surface area contributed by atoms with Crippen molar-refractivity contribution in [3.8, 4) is 0 Å². The van der Waals surface area contributed by atoms with Crippen molar-refractivity contribution in [1.29, 1.82) is 0 Å². The summed E-state index contributed by atoms with van der Waals surface area (Å²) < 4.78 is 113. The zero-order valence-corrected chi connectivity index (χ0v) is 17.7. The van der Waals surface area contributed by atoms with E-state index in [0.717, 1.165) is 0 Å². The summed E-state index contributed by atoms with van der Waals surface area (Å²) in [6, 6.07) is 0. The molecule has 2 fully saturated rings. The molecule has 0 atom stereocenters. The van der Waals surface area contributed by atoms with Gasteiger partial charge in [0.2, 0.25) is 0 Å². The molecule has 166 valence electrons. The van der Waals surface area contributed by atoms with Crippen molar-refractivity contribution in [2.45, 2.75) is 85.5 Å². The summed E-state index contributed by atoms with van der Waals surface area (Å²) in [6.45, 7) is 0. The Morgan fingerprint density at radius 3 is 0.964 bits per heavy atom. The average Bonchev–Trinajstić information content (AvgIpc) is 2.53. The van der Waals surface area contributed by atoms with Gasteiger partial charge in [0.25, 0.3) is 0 Å². The van der Waals surface area contributed by atoms with Gasteiger partial charge in [0.05, 0.1) is 12.2 Å². The third-order valence-electron chi connectivity index (χ3n) is 5.39. The number of alkyl halides is 10. The molecule has 2 aliphatic rings. The lowest BCUT2D eigenvalue weighted by Gasteiger charge is -2.39. The van der Waals surface area contributed by atoms with Crippen LogP contribution in [0.3, 0.4) is 0 Å². The van der Waals surface area contributed by atoms with E-state index in [-0.39, 0.29) is 37.5 Å². The van der Waals surface area contributed by atoms with Crippen LogP contribution in [0.25, 0.3) is 0 Å². The van der Waals surface area contributed by atoms with Crippen LogP contribution in [0.1, 0.15) is 51.4 Å². The highest BCUT2D eigenvalue weighted by molar-refractivity contribution is 9.10. The Morgan fingerprint density at radius 1 is 0.500 bits per heavy atom. The van der Waals surface area contributed by atoms with E-state index in [2.05, 4.69) is 9.47 Å². The molecule has 2 aliphatic carbocycles. The number of rotatable bonds is 7. The van der Waals surface area contributed by atoms with Gasteiger partial charge in [-0.2, -0.15) is 35.1 Å². The van der Waals surface area contributed by atoms with Crippen molar-refractivity contribution >= 4 is 31.9 Å². The fourth-order valence-electron chi connectivity index (χ4n) is 3.91. The van der Waals surface area contributed by atoms with E-state index in [1.807, 2.05) is 0 Å². The zero-order chi connectivity index (χ0) is 21.4. The quantitative estimate of drug-likeness (QED) is 0.242. The Balaban J connectivity index is 1.77. The Labute approximate surface area is 173 Å². The lowest BCUT2D eigenvalue weighted by Crippen LogP contribution is -2.43. The monoisotopic (exact) mass is 554 g/mol. The Morgan fingerprint density at radius 2 is 0.750 bits per heavy atom. The van der Waals surface area contributed by atoms with Gasteiger partial charge in [0.1, 0.15) is 0 Å². The van der Waals surface area contributed by atoms with Gasteiger partial charge in [0, 0.05) is 31.9 Å². The van der Waals surface area contributed by atoms with Crippen molar-refractivity contribution in [3.05, 3.63) is 0 Å². The second kappa shape index (κ2) is 8.82. The summed E-state index contributed by atoms with van der Waals surface area (Å²) in [4.78, 5) is -8.91. The van der Waals surface area contributed by atoms with Crippen LogP contribution in [0.15, 0.2) is 0 Å². The van der Waals surface area contributed by atoms with E-state index < -0.39 is 34.1 Å². The topological polar surface area (TPSA) is 18.5 Å². The number of hydrogen-bond acceptors (Lipinski definition) is 2. The first-order valence-electron chi connectivity index (χ1n) is 8.87. The van der Waals surface area contributed by atoms with Crippen LogP contribution in [0, 0.1) is 11.8 Å². The first-order valence-corrected chi connectivity index (χ1v) is 10.5. The van der Waals surface area contributed by atoms with Crippen molar-refractivity contribution in [1.82, 2.24) is 0 Å². The summed E-state index contributed by atoms with van der Waals surface area (Å²) >= 11 is 3.23. The maximum Gasteiger partial charge on any atom is 0.430 e. The first kappa shape index (κ1) is 24.6. The second-order valence-corrected chi connectivity index (χ2v) is 9.33. The summed E-state index contributed by atoms with van der Waals surface area (Å²) in [5.74, 6) is 0.244. The summed E-state index contributed by atoms with van der Waals surface area (Å²) in [6.07, 6.45) is -8.50. The van der Waals surface area contributed by atoms with Crippen LogP contribution in [0.5, 0.6) is 0 Å². The maximum absolute atomic E-state index is 13.3. The summed E-state index contributed by atoms with van der Waals surface area (Å²) in [5.41, 5.74) is 0. The van der Waals surface area contributed by atoms with Gasteiger partial charge < -0.3 is 9.47 Å². The SMILES string of the molecule is FC(F)(Br)C(F)(F)OC1CCC(C2CCC(OC(F)(F)C(F)(F)Br)CC2)CC1. The van der Waals surface area contributed by atoms with E-state index in [0.29, 0.717) is 25.7 Å². The standard InChI is InChI=1S/C16H20Br2F8O2/c17-13(19,20)15(23,24)27-11-5-1-9(2-6-11)10-3-7-12(8-4-10)28-16(25,26)14(18,21)22/h9-12H,1-8H2. The van der Waals surface area contributed by atoms with E-state index in [9.17, 15) is 35.1 Å². The Hall–Kier alpha value is 0.320. The van der Waals surface area contributed by atoms with Crippen molar-refractivity contribution in [3.63, 3.8) is 0 Å². The van der Waals surface area contributed by atoms with E-state index in [1.165, 1.54) is 0 Å². The van der Waals surface area contributed by atoms with Gasteiger partial charge in [-0.15, -0.1) is 0 Å². The molecular formula is C16H20Br2F8O2. The fraction of sp³-hybridized carbons (Fsp3) is 1.00. The minimum absolute atomic E-state index is 0.122. The van der Waals surface area contributed by atoms with Crippen molar-refractivity contribution in [2.75, 3.05) is 0 Å². The highest BCUT2D eigenvalue weighted by Gasteiger charge is 2.58.